The maximum atomic E-state index is 11.9. The van der Waals surface area contributed by atoms with Crippen LogP contribution in [0, 0.1) is 6.92 Å². The summed E-state index contributed by atoms with van der Waals surface area (Å²) >= 11 is 0. The summed E-state index contributed by atoms with van der Waals surface area (Å²) in [6.07, 6.45) is 2.27. The Hall–Kier alpha value is -2.96. The lowest BCUT2D eigenvalue weighted by molar-refractivity contribution is 0.0963. The average Bonchev–Trinajstić information content (AvgIpc) is 3.41. The van der Waals surface area contributed by atoms with Gasteiger partial charge in [-0.2, -0.15) is 5.10 Å². The van der Waals surface area contributed by atoms with Crippen LogP contribution in [-0.4, -0.2) is 32.7 Å². The number of aryl methyl sites for hydroxylation is 2. The van der Waals surface area contributed by atoms with Gasteiger partial charge in [-0.15, -0.1) is 0 Å². The molecule has 1 aromatic carbocycles. The fourth-order valence-corrected chi connectivity index (χ4v) is 2.98. The zero-order valence-electron chi connectivity index (χ0n) is 14.5. The number of amides is 1. The van der Waals surface area contributed by atoms with Gasteiger partial charge in [-0.25, -0.2) is 9.97 Å². The maximum absolute atomic E-state index is 11.9. The second-order valence-electron chi connectivity index (χ2n) is 6.40. The first-order valence-corrected chi connectivity index (χ1v) is 8.37. The highest BCUT2D eigenvalue weighted by molar-refractivity contribution is 5.95. The van der Waals surface area contributed by atoms with Crippen LogP contribution in [0.3, 0.4) is 0 Å². The number of hydrogen-bond acceptors (Lipinski definition) is 5. The first kappa shape index (κ1) is 15.6. The first-order chi connectivity index (χ1) is 12.1. The molecule has 1 amide bonds. The van der Waals surface area contributed by atoms with Gasteiger partial charge in [0.25, 0.3) is 5.91 Å². The van der Waals surface area contributed by atoms with Crippen molar-refractivity contribution in [2.45, 2.75) is 25.7 Å². The third-order valence-corrected chi connectivity index (χ3v) is 4.42. The zero-order valence-corrected chi connectivity index (χ0v) is 14.5. The number of nitrogens with one attached hydrogen (secondary N) is 2. The number of hydrogen-bond donors (Lipinski definition) is 2. The van der Waals surface area contributed by atoms with Crippen molar-refractivity contribution >= 4 is 28.4 Å². The minimum atomic E-state index is -0.119. The molecule has 2 aromatic heterocycles. The van der Waals surface area contributed by atoms with Gasteiger partial charge in [0, 0.05) is 31.3 Å². The standard InChI is InChI=1S/C18H20N6O/c1-10-14-15(24(3)23-10)17(22-16(21-14)11-7-8-11)20-13-6-4-5-12(9-13)18(25)19-2/h4-6,9,11H,7-8H2,1-3H3,(H,19,25)(H,20,21,22). The van der Waals surface area contributed by atoms with Crippen molar-refractivity contribution in [3.63, 3.8) is 0 Å². The van der Waals surface area contributed by atoms with Crippen LogP contribution >= 0.6 is 0 Å². The van der Waals surface area contributed by atoms with Crippen molar-refractivity contribution < 1.29 is 4.79 Å². The normalized spacial score (nSPS) is 13.9. The van der Waals surface area contributed by atoms with E-state index < -0.39 is 0 Å². The SMILES string of the molecule is CNC(=O)c1cccc(Nc2nc(C3CC3)nc3c(C)nn(C)c23)c1. The molecular formula is C18H20N6O. The highest BCUT2D eigenvalue weighted by atomic mass is 16.1. The summed E-state index contributed by atoms with van der Waals surface area (Å²) in [5.74, 6) is 1.92. The first-order valence-electron chi connectivity index (χ1n) is 8.37. The number of carbonyl (C=O) groups excluding carboxylic acids is 1. The van der Waals surface area contributed by atoms with Gasteiger partial charge in [0.2, 0.25) is 0 Å². The van der Waals surface area contributed by atoms with Crippen molar-refractivity contribution in [1.29, 1.82) is 0 Å². The molecular weight excluding hydrogens is 316 g/mol. The summed E-state index contributed by atoms with van der Waals surface area (Å²) in [5.41, 5.74) is 4.05. The van der Waals surface area contributed by atoms with Crippen LogP contribution in [0.15, 0.2) is 24.3 Å². The van der Waals surface area contributed by atoms with Crippen molar-refractivity contribution in [3.05, 3.63) is 41.3 Å². The van der Waals surface area contributed by atoms with E-state index in [2.05, 4.69) is 15.7 Å². The summed E-state index contributed by atoms with van der Waals surface area (Å²) in [5, 5.41) is 10.5. The lowest BCUT2D eigenvalue weighted by Gasteiger charge is -2.10. The number of aromatic nitrogens is 4. The monoisotopic (exact) mass is 336 g/mol. The molecule has 1 saturated carbocycles. The molecule has 7 heteroatoms. The molecule has 0 radical (unpaired) electrons. The Balaban J connectivity index is 1.79. The van der Waals surface area contributed by atoms with Crippen LogP contribution in [-0.2, 0) is 7.05 Å². The molecule has 0 atom stereocenters. The van der Waals surface area contributed by atoms with Crippen molar-refractivity contribution in [1.82, 2.24) is 25.1 Å². The van der Waals surface area contributed by atoms with Crippen LogP contribution in [0.2, 0.25) is 0 Å². The van der Waals surface area contributed by atoms with E-state index in [0.29, 0.717) is 11.5 Å². The molecule has 2 N–H and O–H groups in total. The van der Waals surface area contributed by atoms with Gasteiger partial charge < -0.3 is 10.6 Å². The molecule has 0 aliphatic heterocycles. The van der Waals surface area contributed by atoms with Gasteiger partial charge in [0.15, 0.2) is 5.82 Å². The number of anilines is 2. The highest BCUT2D eigenvalue weighted by Gasteiger charge is 2.28. The predicted molar refractivity (Wildman–Crippen MR) is 96.1 cm³/mol. The van der Waals surface area contributed by atoms with Gasteiger partial charge >= 0.3 is 0 Å². The lowest BCUT2D eigenvalue weighted by atomic mass is 10.2. The minimum Gasteiger partial charge on any atom is -0.355 e. The van der Waals surface area contributed by atoms with E-state index in [1.165, 1.54) is 0 Å². The summed E-state index contributed by atoms with van der Waals surface area (Å²) in [6.45, 7) is 1.96. The minimum absolute atomic E-state index is 0.119. The van der Waals surface area contributed by atoms with Crippen molar-refractivity contribution in [2.24, 2.45) is 7.05 Å². The van der Waals surface area contributed by atoms with E-state index in [1.807, 2.05) is 32.2 Å². The van der Waals surface area contributed by atoms with E-state index in [4.69, 9.17) is 9.97 Å². The summed E-state index contributed by atoms with van der Waals surface area (Å²) in [4.78, 5) is 21.3. The molecule has 4 rings (SSSR count). The van der Waals surface area contributed by atoms with Crippen LogP contribution in [0.25, 0.3) is 11.0 Å². The van der Waals surface area contributed by atoms with E-state index in [-0.39, 0.29) is 5.91 Å². The van der Waals surface area contributed by atoms with E-state index in [9.17, 15) is 4.79 Å². The number of rotatable bonds is 4. The lowest BCUT2D eigenvalue weighted by Crippen LogP contribution is -2.17. The summed E-state index contributed by atoms with van der Waals surface area (Å²) < 4.78 is 1.80. The fourth-order valence-electron chi connectivity index (χ4n) is 2.98. The number of nitrogens with zero attached hydrogens (tertiary/aromatic N) is 4. The molecule has 0 saturated heterocycles. The van der Waals surface area contributed by atoms with Gasteiger partial charge in [0.05, 0.1) is 5.69 Å². The van der Waals surface area contributed by atoms with Gasteiger partial charge in [-0.3, -0.25) is 9.48 Å². The largest absolute Gasteiger partial charge is 0.355 e. The Labute approximate surface area is 145 Å². The maximum Gasteiger partial charge on any atom is 0.251 e. The third kappa shape index (κ3) is 2.82. The number of benzene rings is 1. The molecule has 25 heavy (non-hydrogen) atoms. The quantitative estimate of drug-likeness (QED) is 0.765. The Morgan fingerprint density at radius 1 is 1.28 bits per heavy atom. The summed E-state index contributed by atoms with van der Waals surface area (Å²) in [6, 6.07) is 7.36. The molecule has 1 aliphatic rings. The van der Waals surface area contributed by atoms with E-state index >= 15 is 0 Å². The molecule has 0 bridgehead atoms. The van der Waals surface area contributed by atoms with Gasteiger partial charge in [-0.1, -0.05) is 6.07 Å². The second kappa shape index (κ2) is 5.84. The molecule has 7 nitrogen and oxygen atoms in total. The molecule has 1 aliphatic carbocycles. The summed E-state index contributed by atoms with van der Waals surface area (Å²) in [7, 11) is 3.51. The van der Waals surface area contributed by atoms with Gasteiger partial charge in [0.1, 0.15) is 16.9 Å². The Kier molecular flexibility index (Phi) is 3.63. The van der Waals surface area contributed by atoms with Crippen LogP contribution in [0.1, 0.15) is 40.6 Å². The molecule has 3 aromatic rings. The van der Waals surface area contributed by atoms with Crippen LogP contribution in [0.5, 0.6) is 0 Å². The zero-order chi connectivity index (χ0) is 17.6. The number of fused-ring (bicyclic) bond motifs is 1. The average molecular weight is 336 g/mol. The number of carbonyl (C=O) groups is 1. The Morgan fingerprint density at radius 3 is 2.80 bits per heavy atom. The van der Waals surface area contributed by atoms with E-state index in [0.717, 1.165) is 46.9 Å². The third-order valence-electron chi connectivity index (χ3n) is 4.42. The molecule has 0 unspecified atom stereocenters. The molecule has 0 spiro atoms. The molecule has 128 valence electrons. The molecule has 1 fully saturated rings. The molecule has 2 heterocycles. The smallest absolute Gasteiger partial charge is 0.251 e. The van der Waals surface area contributed by atoms with Crippen molar-refractivity contribution in [2.75, 3.05) is 12.4 Å². The Morgan fingerprint density at radius 2 is 2.08 bits per heavy atom. The topological polar surface area (TPSA) is 84.7 Å². The predicted octanol–water partition coefficient (Wildman–Crippen LogP) is 2.65. The van der Waals surface area contributed by atoms with Crippen molar-refractivity contribution in [3.8, 4) is 0 Å². The van der Waals surface area contributed by atoms with E-state index in [1.54, 1.807) is 17.8 Å². The van der Waals surface area contributed by atoms with Crippen LogP contribution in [0.4, 0.5) is 11.5 Å². The fraction of sp³-hybridized carbons (Fsp3) is 0.333. The van der Waals surface area contributed by atoms with Crippen LogP contribution < -0.4 is 10.6 Å². The highest BCUT2D eigenvalue weighted by Crippen LogP contribution is 2.40. The Bertz CT molecular complexity index is 973. The second-order valence-corrected chi connectivity index (χ2v) is 6.40. The van der Waals surface area contributed by atoms with Gasteiger partial charge in [-0.05, 0) is 38.0 Å².